The lowest BCUT2D eigenvalue weighted by Crippen LogP contribution is -2.21. The summed E-state index contributed by atoms with van der Waals surface area (Å²) in [6, 6.07) is 10.4. The van der Waals surface area contributed by atoms with Crippen LogP contribution < -0.4 is 4.74 Å². The van der Waals surface area contributed by atoms with E-state index in [1.165, 1.54) is 53.2 Å². The number of halogens is 1. The highest BCUT2D eigenvalue weighted by atomic mass is 32.2. The molecule has 8 heteroatoms. The summed E-state index contributed by atoms with van der Waals surface area (Å²) < 4.78 is 47.2. The van der Waals surface area contributed by atoms with Crippen molar-refractivity contribution in [2.45, 2.75) is 29.0 Å². The normalized spacial score (nSPS) is 13.2. The van der Waals surface area contributed by atoms with Gasteiger partial charge in [0, 0.05) is 16.0 Å². The second-order valence-corrected chi connectivity index (χ2v) is 9.81. The van der Waals surface area contributed by atoms with Crippen molar-refractivity contribution in [2.24, 2.45) is 0 Å². The van der Waals surface area contributed by atoms with Gasteiger partial charge in [-0.25, -0.2) is 16.8 Å². The number of aromatic nitrogens is 1. The number of fused-ring (bicyclic) bond motifs is 1. The van der Waals surface area contributed by atoms with Crippen LogP contribution in [0.2, 0.25) is 0 Å². The Morgan fingerprint density at radius 1 is 1.14 bits per heavy atom. The number of rotatable bonds is 6. The molecule has 0 saturated heterocycles. The standard InChI is InChI=1S/C20H23FN2O3S2/c1-13-20(27-14(2)22(3)4)18-12-15(21)6-11-19(18)23(13)28(24,25)17-9-7-16(26-5)8-10-17/h6-12,14H,1-5H3. The number of benzene rings is 2. The topological polar surface area (TPSA) is 51.5 Å². The van der Waals surface area contributed by atoms with Crippen molar-refractivity contribution in [1.29, 1.82) is 0 Å². The third kappa shape index (κ3) is 3.64. The van der Waals surface area contributed by atoms with Gasteiger partial charge in [-0.2, -0.15) is 0 Å². The fourth-order valence-electron chi connectivity index (χ4n) is 2.92. The monoisotopic (exact) mass is 422 g/mol. The Hall–Kier alpha value is -2.03. The molecular weight excluding hydrogens is 399 g/mol. The highest BCUT2D eigenvalue weighted by Crippen LogP contribution is 2.39. The van der Waals surface area contributed by atoms with Gasteiger partial charge in [-0.3, -0.25) is 4.90 Å². The van der Waals surface area contributed by atoms with E-state index in [1.807, 2.05) is 25.9 Å². The predicted octanol–water partition coefficient (Wildman–Crippen LogP) is 4.33. The first-order valence-corrected chi connectivity index (χ1v) is 11.0. The Morgan fingerprint density at radius 2 is 1.79 bits per heavy atom. The van der Waals surface area contributed by atoms with Crippen LogP contribution in [-0.2, 0) is 10.0 Å². The SMILES string of the molecule is COc1ccc(S(=O)(=O)n2c(C)c(SC(C)N(C)C)c3cc(F)ccc32)cc1. The third-order valence-corrected chi connectivity index (χ3v) is 8.00. The number of hydrogen-bond donors (Lipinski definition) is 0. The molecule has 0 aliphatic heterocycles. The van der Waals surface area contributed by atoms with Gasteiger partial charge >= 0.3 is 0 Å². The summed E-state index contributed by atoms with van der Waals surface area (Å²) in [5.74, 6) is 0.178. The van der Waals surface area contributed by atoms with Gasteiger partial charge in [0.05, 0.1) is 22.9 Å². The van der Waals surface area contributed by atoms with Crippen LogP contribution in [0.1, 0.15) is 12.6 Å². The predicted molar refractivity (Wildman–Crippen MR) is 111 cm³/mol. The molecule has 1 unspecified atom stereocenters. The van der Waals surface area contributed by atoms with Gasteiger partial charge < -0.3 is 4.74 Å². The Kier molecular flexibility index (Phi) is 5.74. The van der Waals surface area contributed by atoms with Gasteiger partial charge in [0.1, 0.15) is 11.6 Å². The summed E-state index contributed by atoms with van der Waals surface area (Å²) in [5, 5.41) is 0.679. The highest BCUT2D eigenvalue weighted by molar-refractivity contribution is 8.00. The van der Waals surface area contributed by atoms with Gasteiger partial charge in [-0.1, -0.05) is 0 Å². The first kappa shape index (κ1) is 20.7. The summed E-state index contributed by atoms with van der Waals surface area (Å²) in [5.41, 5.74) is 1.03. The van der Waals surface area contributed by atoms with Crippen LogP contribution in [-0.4, -0.2) is 43.9 Å². The van der Waals surface area contributed by atoms with E-state index in [-0.39, 0.29) is 10.3 Å². The zero-order valence-corrected chi connectivity index (χ0v) is 18.1. The summed E-state index contributed by atoms with van der Waals surface area (Å²) in [7, 11) is 1.56. The van der Waals surface area contributed by atoms with Gasteiger partial charge in [0.25, 0.3) is 10.0 Å². The molecule has 28 heavy (non-hydrogen) atoms. The van der Waals surface area contributed by atoms with E-state index in [1.54, 1.807) is 19.1 Å². The van der Waals surface area contributed by atoms with Crippen LogP contribution >= 0.6 is 11.8 Å². The largest absolute Gasteiger partial charge is 0.497 e. The van der Waals surface area contributed by atoms with Crippen molar-refractivity contribution in [2.75, 3.05) is 21.2 Å². The summed E-state index contributed by atoms with van der Waals surface area (Å²) in [6.07, 6.45) is 0. The number of hydrogen-bond acceptors (Lipinski definition) is 5. The maximum Gasteiger partial charge on any atom is 0.268 e. The van der Waals surface area contributed by atoms with E-state index < -0.39 is 15.8 Å². The van der Waals surface area contributed by atoms with Crippen molar-refractivity contribution < 1.29 is 17.5 Å². The number of methoxy groups -OCH3 is 1. The average Bonchev–Trinajstić information content (AvgIpc) is 2.93. The third-order valence-electron chi connectivity index (χ3n) is 4.67. The lowest BCUT2D eigenvalue weighted by atomic mass is 10.2. The number of nitrogens with zero attached hydrogens (tertiary/aromatic N) is 2. The maximum atomic E-state index is 14.0. The maximum absolute atomic E-state index is 14.0. The van der Waals surface area contributed by atoms with Crippen molar-refractivity contribution in [3.05, 3.63) is 54.0 Å². The van der Waals surface area contributed by atoms with Crippen LogP contribution in [0, 0.1) is 12.7 Å². The van der Waals surface area contributed by atoms with Crippen molar-refractivity contribution in [3.63, 3.8) is 0 Å². The van der Waals surface area contributed by atoms with E-state index in [4.69, 9.17) is 4.74 Å². The second kappa shape index (κ2) is 7.77. The average molecular weight is 423 g/mol. The molecule has 0 aliphatic rings. The molecule has 0 fully saturated rings. The van der Waals surface area contributed by atoms with E-state index in [2.05, 4.69) is 0 Å². The Morgan fingerprint density at radius 3 is 2.36 bits per heavy atom. The van der Waals surface area contributed by atoms with Crippen LogP contribution in [0.25, 0.3) is 10.9 Å². The van der Waals surface area contributed by atoms with Gasteiger partial charge in [-0.15, -0.1) is 11.8 Å². The lowest BCUT2D eigenvalue weighted by Gasteiger charge is -2.19. The molecule has 150 valence electrons. The molecule has 2 aromatic carbocycles. The number of thioether (sulfide) groups is 1. The molecule has 3 rings (SSSR count). The lowest BCUT2D eigenvalue weighted by molar-refractivity contribution is 0.402. The Labute approximate surface area is 169 Å². The summed E-state index contributed by atoms with van der Waals surface area (Å²) in [4.78, 5) is 2.92. The summed E-state index contributed by atoms with van der Waals surface area (Å²) in [6.45, 7) is 3.77. The van der Waals surface area contributed by atoms with E-state index in [9.17, 15) is 12.8 Å². The number of ether oxygens (including phenoxy) is 1. The highest BCUT2D eigenvalue weighted by Gasteiger charge is 2.26. The smallest absolute Gasteiger partial charge is 0.268 e. The molecule has 1 heterocycles. The zero-order valence-electron chi connectivity index (χ0n) is 16.4. The van der Waals surface area contributed by atoms with E-state index in [0.717, 1.165) is 4.90 Å². The minimum absolute atomic E-state index is 0.0877. The fraction of sp³-hybridized carbons (Fsp3) is 0.300. The minimum atomic E-state index is -3.86. The molecular formula is C20H23FN2O3S2. The molecule has 0 saturated carbocycles. The molecule has 0 aliphatic carbocycles. The molecule has 1 atom stereocenters. The summed E-state index contributed by atoms with van der Waals surface area (Å²) >= 11 is 1.51. The first-order chi connectivity index (χ1) is 13.2. The van der Waals surface area contributed by atoms with Gasteiger partial charge in [0.15, 0.2) is 0 Å². The van der Waals surface area contributed by atoms with E-state index in [0.29, 0.717) is 22.3 Å². The Balaban J connectivity index is 2.24. The fourth-order valence-corrected chi connectivity index (χ4v) is 5.65. The molecule has 5 nitrogen and oxygen atoms in total. The van der Waals surface area contributed by atoms with Gasteiger partial charge in [-0.05, 0) is 70.4 Å². The Bertz CT molecular complexity index is 1110. The first-order valence-electron chi connectivity index (χ1n) is 8.70. The molecule has 0 spiro atoms. The second-order valence-electron chi connectivity index (χ2n) is 6.70. The van der Waals surface area contributed by atoms with Crippen molar-refractivity contribution in [3.8, 4) is 5.75 Å². The quantitative estimate of drug-likeness (QED) is 0.437. The molecule has 1 aromatic heterocycles. The van der Waals surface area contributed by atoms with Crippen LogP contribution in [0.15, 0.2) is 52.3 Å². The van der Waals surface area contributed by atoms with Crippen molar-refractivity contribution in [1.82, 2.24) is 8.87 Å². The van der Waals surface area contributed by atoms with Crippen molar-refractivity contribution >= 4 is 32.7 Å². The molecule has 0 amide bonds. The van der Waals surface area contributed by atoms with Gasteiger partial charge in [0.2, 0.25) is 0 Å². The molecule has 3 aromatic rings. The minimum Gasteiger partial charge on any atom is -0.497 e. The van der Waals surface area contributed by atoms with Crippen LogP contribution in [0.5, 0.6) is 5.75 Å². The molecule has 0 bridgehead atoms. The zero-order chi connectivity index (χ0) is 20.6. The van der Waals surface area contributed by atoms with Crippen LogP contribution in [0.4, 0.5) is 4.39 Å². The molecule has 0 radical (unpaired) electrons. The van der Waals surface area contributed by atoms with Crippen LogP contribution in [0.3, 0.4) is 0 Å². The van der Waals surface area contributed by atoms with E-state index >= 15 is 0 Å². The molecule has 0 N–H and O–H groups in total.